The number of benzene rings is 2. The lowest BCUT2D eigenvalue weighted by atomic mass is 10.1. The first kappa shape index (κ1) is 15.0. The molecule has 0 bridgehead atoms. The molecule has 1 heterocycles. The summed E-state index contributed by atoms with van der Waals surface area (Å²) in [7, 11) is 0. The van der Waals surface area contributed by atoms with Crippen LogP contribution >= 0.6 is 0 Å². The van der Waals surface area contributed by atoms with Gasteiger partial charge in [0, 0.05) is 17.2 Å². The lowest BCUT2D eigenvalue weighted by Crippen LogP contribution is -2.35. The lowest BCUT2D eigenvalue weighted by molar-refractivity contribution is -0.112. The Morgan fingerprint density at radius 1 is 1.09 bits per heavy atom. The molecule has 0 saturated heterocycles. The molecular weight excluding hydrogens is 290 g/mol. The number of nitrogens with two attached hydrogens (primary N) is 1. The van der Waals surface area contributed by atoms with Crippen molar-refractivity contribution in [2.75, 3.05) is 4.90 Å². The summed E-state index contributed by atoms with van der Waals surface area (Å²) in [6, 6.07) is 14.2. The average molecular weight is 307 g/mol. The van der Waals surface area contributed by atoms with Crippen LogP contribution in [-0.2, 0) is 4.79 Å². The fraction of sp³-hybridized carbons (Fsp3) is 0.167. The van der Waals surface area contributed by atoms with Gasteiger partial charge >= 0.3 is 0 Å². The summed E-state index contributed by atoms with van der Waals surface area (Å²) in [6.45, 7) is 3.94. The summed E-state index contributed by atoms with van der Waals surface area (Å²) in [5.41, 5.74) is 8.37. The molecule has 1 aliphatic heterocycles. The molecule has 5 heteroatoms. The molecule has 0 radical (unpaired) electrons. The van der Waals surface area contributed by atoms with Crippen LogP contribution in [0.5, 0.6) is 0 Å². The number of amides is 2. The van der Waals surface area contributed by atoms with E-state index in [0.717, 1.165) is 11.3 Å². The van der Waals surface area contributed by atoms with Crippen LogP contribution in [0.3, 0.4) is 0 Å². The summed E-state index contributed by atoms with van der Waals surface area (Å²) in [4.78, 5) is 30.0. The van der Waals surface area contributed by atoms with Crippen LogP contribution in [0.15, 0.2) is 53.5 Å². The molecule has 0 atom stereocenters. The molecule has 2 N–H and O–H groups in total. The minimum Gasteiger partial charge on any atom is -0.366 e. The van der Waals surface area contributed by atoms with Gasteiger partial charge < -0.3 is 10.6 Å². The third-order valence-electron chi connectivity index (χ3n) is 3.75. The average Bonchev–Trinajstić information content (AvgIpc) is 2.80. The first-order valence-electron chi connectivity index (χ1n) is 7.40. The van der Waals surface area contributed by atoms with Gasteiger partial charge in [0.1, 0.15) is 5.71 Å². The van der Waals surface area contributed by atoms with Crippen molar-refractivity contribution in [2.24, 2.45) is 10.7 Å². The number of para-hydroxylation sites is 1. The maximum Gasteiger partial charge on any atom is 0.277 e. The number of nitrogens with zero attached hydrogens (tertiary/aromatic N) is 2. The number of primary amides is 1. The van der Waals surface area contributed by atoms with E-state index in [-0.39, 0.29) is 11.9 Å². The monoisotopic (exact) mass is 307 g/mol. The molecule has 0 spiro atoms. The van der Waals surface area contributed by atoms with Gasteiger partial charge in [0.25, 0.3) is 5.91 Å². The van der Waals surface area contributed by atoms with Crippen molar-refractivity contribution < 1.29 is 9.59 Å². The van der Waals surface area contributed by atoms with Gasteiger partial charge in [0.2, 0.25) is 5.91 Å². The minimum atomic E-state index is -0.488. The van der Waals surface area contributed by atoms with E-state index >= 15 is 0 Å². The van der Waals surface area contributed by atoms with E-state index in [9.17, 15) is 9.59 Å². The number of fused-ring (bicyclic) bond motifs is 1. The van der Waals surface area contributed by atoms with Gasteiger partial charge in [-0.15, -0.1) is 0 Å². The highest BCUT2D eigenvalue weighted by molar-refractivity contribution is 6.54. The molecule has 5 nitrogen and oxygen atoms in total. The van der Waals surface area contributed by atoms with Gasteiger partial charge in [-0.25, -0.2) is 4.99 Å². The Morgan fingerprint density at radius 2 is 1.74 bits per heavy atom. The van der Waals surface area contributed by atoms with Crippen molar-refractivity contribution >= 4 is 28.9 Å². The molecule has 0 saturated carbocycles. The Bertz CT molecular complexity index is 807. The van der Waals surface area contributed by atoms with Gasteiger partial charge in [0.05, 0.1) is 11.4 Å². The first-order valence-corrected chi connectivity index (χ1v) is 7.40. The van der Waals surface area contributed by atoms with Crippen LogP contribution in [0.2, 0.25) is 0 Å². The van der Waals surface area contributed by atoms with E-state index in [1.165, 1.54) is 0 Å². The zero-order valence-electron chi connectivity index (χ0n) is 13.0. The second-order valence-corrected chi connectivity index (χ2v) is 5.66. The first-order chi connectivity index (χ1) is 11.0. The van der Waals surface area contributed by atoms with Gasteiger partial charge in [-0.05, 0) is 44.2 Å². The fourth-order valence-electron chi connectivity index (χ4n) is 2.67. The molecule has 0 aromatic heterocycles. The van der Waals surface area contributed by atoms with Crippen molar-refractivity contribution in [2.45, 2.75) is 19.9 Å². The van der Waals surface area contributed by atoms with Crippen molar-refractivity contribution in [1.29, 1.82) is 0 Å². The fourth-order valence-corrected chi connectivity index (χ4v) is 2.67. The zero-order valence-corrected chi connectivity index (χ0v) is 13.0. The van der Waals surface area contributed by atoms with Gasteiger partial charge in [-0.1, -0.05) is 18.2 Å². The van der Waals surface area contributed by atoms with Crippen LogP contribution in [0.1, 0.15) is 29.8 Å². The van der Waals surface area contributed by atoms with E-state index in [4.69, 9.17) is 5.73 Å². The topological polar surface area (TPSA) is 75.8 Å². The Kier molecular flexibility index (Phi) is 3.70. The number of rotatable bonds is 3. The lowest BCUT2D eigenvalue weighted by Gasteiger charge is -2.20. The number of carbonyl (C=O) groups excluding carboxylic acids is 2. The molecule has 3 rings (SSSR count). The SMILES string of the molecule is CC(C)N1C(=O)C(=Nc2ccc(C(N)=O)cc2)c2ccccc21. The van der Waals surface area contributed by atoms with E-state index in [0.29, 0.717) is 17.0 Å². The summed E-state index contributed by atoms with van der Waals surface area (Å²) < 4.78 is 0. The third-order valence-corrected chi connectivity index (χ3v) is 3.75. The van der Waals surface area contributed by atoms with Crippen LogP contribution < -0.4 is 10.6 Å². The predicted molar refractivity (Wildman–Crippen MR) is 90.2 cm³/mol. The second-order valence-electron chi connectivity index (χ2n) is 5.66. The van der Waals surface area contributed by atoms with E-state index in [2.05, 4.69) is 4.99 Å². The summed E-state index contributed by atoms with van der Waals surface area (Å²) in [5, 5.41) is 0. The molecule has 1 aliphatic rings. The smallest absolute Gasteiger partial charge is 0.277 e. The van der Waals surface area contributed by atoms with Crippen molar-refractivity contribution in [3.63, 3.8) is 0 Å². The van der Waals surface area contributed by atoms with Crippen LogP contribution in [0, 0.1) is 0 Å². The van der Waals surface area contributed by atoms with Crippen LogP contribution in [0.4, 0.5) is 11.4 Å². The highest BCUT2D eigenvalue weighted by Gasteiger charge is 2.35. The summed E-state index contributed by atoms with van der Waals surface area (Å²) in [5.74, 6) is -0.599. The van der Waals surface area contributed by atoms with Gasteiger partial charge in [0.15, 0.2) is 0 Å². The van der Waals surface area contributed by atoms with Crippen LogP contribution in [0.25, 0.3) is 0 Å². The molecule has 0 aliphatic carbocycles. The van der Waals surface area contributed by atoms with Crippen molar-refractivity contribution in [1.82, 2.24) is 0 Å². The maximum absolute atomic E-state index is 12.7. The number of carbonyl (C=O) groups is 2. The molecule has 23 heavy (non-hydrogen) atoms. The maximum atomic E-state index is 12.7. The Hall–Kier alpha value is -2.95. The number of hydrogen-bond acceptors (Lipinski definition) is 3. The molecule has 2 aromatic carbocycles. The molecular formula is C18H17N3O2. The Morgan fingerprint density at radius 3 is 2.35 bits per heavy atom. The molecule has 2 aromatic rings. The Balaban J connectivity index is 2.05. The van der Waals surface area contributed by atoms with E-state index in [1.807, 2.05) is 38.1 Å². The standard InChI is InChI=1S/C18H17N3O2/c1-11(2)21-15-6-4-3-5-14(15)16(18(21)23)20-13-9-7-12(8-10-13)17(19)22/h3-11H,1-2H3,(H2,19,22). The summed E-state index contributed by atoms with van der Waals surface area (Å²) in [6.07, 6.45) is 0. The predicted octanol–water partition coefficient (Wildman–Crippen LogP) is 2.66. The third kappa shape index (κ3) is 2.61. The van der Waals surface area contributed by atoms with E-state index in [1.54, 1.807) is 29.2 Å². The largest absolute Gasteiger partial charge is 0.366 e. The quantitative estimate of drug-likeness (QED) is 0.946. The van der Waals surface area contributed by atoms with Gasteiger partial charge in [-0.2, -0.15) is 0 Å². The molecule has 116 valence electrons. The van der Waals surface area contributed by atoms with Crippen LogP contribution in [-0.4, -0.2) is 23.6 Å². The van der Waals surface area contributed by atoms with E-state index < -0.39 is 5.91 Å². The highest BCUT2D eigenvalue weighted by atomic mass is 16.2. The normalized spacial score (nSPS) is 15.3. The molecule has 0 unspecified atom stereocenters. The van der Waals surface area contributed by atoms with Crippen molar-refractivity contribution in [3.8, 4) is 0 Å². The molecule has 2 amide bonds. The highest BCUT2D eigenvalue weighted by Crippen LogP contribution is 2.32. The summed E-state index contributed by atoms with van der Waals surface area (Å²) >= 11 is 0. The van der Waals surface area contributed by atoms with Gasteiger partial charge in [-0.3, -0.25) is 9.59 Å². The van der Waals surface area contributed by atoms with Crippen molar-refractivity contribution in [3.05, 3.63) is 59.7 Å². The zero-order chi connectivity index (χ0) is 16.6. The minimum absolute atomic E-state index is 0.0496. The molecule has 0 fully saturated rings. The Labute approximate surface area is 134 Å². The second kappa shape index (κ2) is 5.68. The number of aliphatic imine (C=N–C) groups is 1. The number of anilines is 1. The number of hydrogen-bond donors (Lipinski definition) is 1.